The number of piperidine rings is 1. The number of benzene rings is 1. The molecule has 0 aromatic heterocycles. The van der Waals surface area contributed by atoms with Gasteiger partial charge >= 0.3 is 6.03 Å². The van der Waals surface area contributed by atoms with Gasteiger partial charge in [-0.1, -0.05) is 12.1 Å². The van der Waals surface area contributed by atoms with Crippen molar-refractivity contribution in [2.75, 3.05) is 18.4 Å². The van der Waals surface area contributed by atoms with E-state index >= 15 is 0 Å². The van der Waals surface area contributed by atoms with Crippen molar-refractivity contribution in [3.8, 4) is 0 Å². The van der Waals surface area contributed by atoms with Gasteiger partial charge in [0.05, 0.1) is 11.3 Å². The fourth-order valence-corrected chi connectivity index (χ4v) is 2.57. The summed E-state index contributed by atoms with van der Waals surface area (Å²) in [6.07, 6.45) is 3.14. The number of hydrogen-bond acceptors (Lipinski definition) is 3. The van der Waals surface area contributed by atoms with Gasteiger partial charge in [-0.2, -0.15) is 0 Å². The Labute approximate surface area is 135 Å². The van der Waals surface area contributed by atoms with Gasteiger partial charge in [-0.3, -0.25) is 9.59 Å². The number of amides is 4. The standard InChI is InChI=1S/C16H22N4O3/c1-11(18-16(17)23)14(21)19-13-8-4-3-7-12(13)15(22)20-9-5-2-6-10-20/h3-4,7-8,11H,2,5-6,9-10H2,1H3,(H,19,21)(H3,17,18,23). The Balaban J connectivity index is 2.12. The van der Waals surface area contributed by atoms with Crippen molar-refractivity contribution in [3.05, 3.63) is 29.8 Å². The zero-order valence-electron chi connectivity index (χ0n) is 13.2. The number of rotatable bonds is 4. The third-order valence-corrected chi connectivity index (χ3v) is 3.81. The smallest absolute Gasteiger partial charge is 0.312 e. The van der Waals surface area contributed by atoms with Crippen molar-refractivity contribution in [1.29, 1.82) is 0 Å². The fraction of sp³-hybridized carbons (Fsp3) is 0.438. The Morgan fingerprint density at radius 3 is 2.43 bits per heavy atom. The van der Waals surface area contributed by atoms with Crippen LogP contribution in [0.4, 0.5) is 10.5 Å². The van der Waals surface area contributed by atoms with Crippen LogP contribution in [0, 0.1) is 0 Å². The molecule has 23 heavy (non-hydrogen) atoms. The molecule has 1 saturated heterocycles. The molecule has 0 aliphatic carbocycles. The molecular weight excluding hydrogens is 296 g/mol. The van der Waals surface area contributed by atoms with Crippen LogP contribution in [0.15, 0.2) is 24.3 Å². The maximum absolute atomic E-state index is 12.6. The van der Waals surface area contributed by atoms with Crippen LogP contribution < -0.4 is 16.4 Å². The largest absolute Gasteiger partial charge is 0.352 e. The minimum atomic E-state index is -0.786. The topological polar surface area (TPSA) is 105 Å². The average Bonchev–Trinajstić information content (AvgIpc) is 2.55. The van der Waals surface area contributed by atoms with Crippen molar-refractivity contribution in [3.63, 3.8) is 0 Å². The number of anilines is 1. The van der Waals surface area contributed by atoms with E-state index in [1.165, 1.54) is 6.92 Å². The molecule has 4 amide bonds. The SMILES string of the molecule is CC(NC(N)=O)C(=O)Nc1ccccc1C(=O)N1CCCCC1. The first-order valence-corrected chi connectivity index (χ1v) is 7.74. The van der Waals surface area contributed by atoms with Crippen LogP contribution in [0.5, 0.6) is 0 Å². The Morgan fingerprint density at radius 1 is 1.13 bits per heavy atom. The number of nitrogens with two attached hydrogens (primary N) is 1. The monoisotopic (exact) mass is 318 g/mol. The van der Waals surface area contributed by atoms with Crippen LogP contribution in [0.1, 0.15) is 36.5 Å². The van der Waals surface area contributed by atoms with E-state index in [0.29, 0.717) is 11.3 Å². The number of carbonyl (C=O) groups excluding carboxylic acids is 3. The Hall–Kier alpha value is -2.57. The molecule has 1 fully saturated rings. The van der Waals surface area contributed by atoms with Gasteiger partial charge in [-0.15, -0.1) is 0 Å². The highest BCUT2D eigenvalue weighted by molar-refractivity contribution is 6.05. The molecule has 1 atom stereocenters. The highest BCUT2D eigenvalue weighted by atomic mass is 16.2. The van der Waals surface area contributed by atoms with Crippen LogP contribution in [-0.2, 0) is 4.79 Å². The summed E-state index contributed by atoms with van der Waals surface area (Å²) in [6, 6.07) is 5.31. The Morgan fingerprint density at radius 2 is 1.78 bits per heavy atom. The predicted molar refractivity (Wildman–Crippen MR) is 87.0 cm³/mol. The lowest BCUT2D eigenvalue weighted by Gasteiger charge is -2.27. The number of nitrogens with one attached hydrogen (secondary N) is 2. The van der Waals surface area contributed by atoms with Crippen molar-refractivity contribution >= 4 is 23.5 Å². The lowest BCUT2D eigenvalue weighted by atomic mass is 10.1. The molecule has 124 valence electrons. The van der Waals surface area contributed by atoms with E-state index in [0.717, 1.165) is 32.4 Å². The number of carbonyl (C=O) groups is 3. The summed E-state index contributed by atoms with van der Waals surface area (Å²) in [4.78, 5) is 37.4. The third-order valence-electron chi connectivity index (χ3n) is 3.81. The maximum atomic E-state index is 12.6. The first-order valence-electron chi connectivity index (χ1n) is 7.74. The minimum absolute atomic E-state index is 0.0869. The molecule has 2 rings (SSSR count). The van der Waals surface area contributed by atoms with Crippen molar-refractivity contribution in [2.45, 2.75) is 32.2 Å². The van der Waals surface area contributed by atoms with E-state index in [4.69, 9.17) is 5.73 Å². The molecule has 1 heterocycles. The normalized spacial score (nSPS) is 15.6. The van der Waals surface area contributed by atoms with Crippen LogP contribution in [-0.4, -0.2) is 41.9 Å². The summed E-state index contributed by atoms with van der Waals surface area (Å²) < 4.78 is 0. The first kappa shape index (κ1) is 16.8. The minimum Gasteiger partial charge on any atom is -0.352 e. The van der Waals surface area contributed by atoms with Gasteiger partial charge in [-0.25, -0.2) is 4.79 Å². The second-order valence-electron chi connectivity index (χ2n) is 5.62. The summed E-state index contributed by atoms with van der Waals surface area (Å²) in [5.74, 6) is -0.515. The summed E-state index contributed by atoms with van der Waals surface area (Å²) in [7, 11) is 0. The number of nitrogens with zero attached hydrogens (tertiary/aromatic N) is 1. The molecule has 7 heteroatoms. The molecule has 1 unspecified atom stereocenters. The fourth-order valence-electron chi connectivity index (χ4n) is 2.57. The summed E-state index contributed by atoms with van der Waals surface area (Å²) in [6.45, 7) is 3.00. The lowest BCUT2D eigenvalue weighted by Crippen LogP contribution is -2.44. The highest BCUT2D eigenvalue weighted by Gasteiger charge is 2.22. The van der Waals surface area contributed by atoms with E-state index in [9.17, 15) is 14.4 Å². The number of primary amides is 1. The third kappa shape index (κ3) is 4.45. The molecule has 0 spiro atoms. The van der Waals surface area contributed by atoms with Gasteiger partial charge in [-0.05, 0) is 38.3 Å². The van der Waals surface area contributed by atoms with Crippen LogP contribution >= 0.6 is 0 Å². The zero-order chi connectivity index (χ0) is 16.8. The molecule has 0 saturated carbocycles. The van der Waals surface area contributed by atoms with Crippen LogP contribution in [0.25, 0.3) is 0 Å². The molecule has 1 aliphatic rings. The summed E-state index contributed by atoms with van der Waals surface area (Å²) in [5.41, 5.74) is 5.90. The lowest BCUT2D eigenvalue weighted by molar-refractivity contribution is -0.117. The van der Waals surface area contributed by atoms with Gasteiger partial charge < -0.3 is 21.3 Å². The van der Waals surface area contributed by atoms with Gasteiger partial charge in [0.15, 0.2) is 0 Å². The number of para-hydroxylation sites is 1. The van der Waals surface area contributed by atoms with E-state index in [1.54, 1.807) is 29.2 Å². The molecule has 1 aliphatic heterocycles. The molecule has 0 radical (unpaired) electrons. The second kappa shape index (κ2) is 7.62. The molecule has 7 nitrogen and oxygen atoms in total. The van der Waals surface area contributed by atoms with Gasteiger partial charge in [0.2, 0.25) is 5.91 Å². The highest BCUT2D eigenvalue weighted by Crippen LogP contribution is 2.20. The second-order valence-corrected chi connectivity index (χ2v) is 5.62. The van der Waals surface area contributed by atoms with E-state index in [-0.39, 0.29) is 5.91 Å². The first-order chi connectivity index (χ1) is 11.0. The zero-order valence-corrected chi connectivity index (χ0v) is 13.2. The van der Waals surface area contributed by atoms with Gasteiger partial charge in [0, 0.05) is 13.1 Å². The van der Waals surface area contributed by atoms with Crippen LogP contribution in [0.3, 0.4) is 0 Å². The molecular formula is C16H22N4O3. The predicted octanol–water partition coefficient (Wildman–Crippen LogP) is 1.31. The quantitative estimate of drug-likeness (QED) is 0.779. The number of likely N-dealkylation sites (tertiary alicyclic amines) is 1. The summed E-state index contributed by atoms with van der Waals surface area (Å²) >= 11 is 0. The molecule has 0 bridgehead atoms. The van der Waals surface area contributed by atoms with E-state index in [1.807, 2.05) is 0 Å². The van der Waals surface area contributed by atoms with Crippen molar-refractivity contribution in [2.24, 2.45) is 5.73 Å². The molecule has 1 aromatic carbocycles. The van der Waals surface area contributed by atoms with Gasteiger partial charge in [0.25, 0.3) is 5.91 Å². The van der Waals surface area contributed by atoms with Gasteiger partial charge in [0.1, 0.15) is 6.04 Å². The Bertz CT molecular complexity index is 597. The van der Waals surface area contributed by atoms with Crippen molar-refractivity contribution in [1.82, 2.24) is 10.2 Å². The van der Waals surface area contributed by atoms with Crippen molar-refractivity contribution < 1.29 is 14.4 Å². The van der Waals surface area contributed by atoms with E-state index in [2.05, 4.69) is 10.6 Å². The average molecular weight is 318 g/mol. The molecule has 1 aromatic rings. The molecule has 4 N–H and O–H groups in total. The summed E-state index contributed by atoms with van der Waals surface area (Å²) in [5, 5.41) is 4.99. The Kier molecular flexibility index (Phi) is 5.56. The number of hydrogen-bond donors (Lipinski definition) is 3. The maximum Gasteiger partial charge on any atom is 0.312 e. The number of urea groups is 1. The van der Waals surface area contributed by atoms with Crippen LogP contribution in [0.2, 0.25) is 0 Å². The van der Waals surface area contributed by atoms with E-state index < -0.39 is 18.0 Å².